The molecule has 0 fully saturated rings. The van der Waals surface area contributed by atoms with Crippen molar-refractivity contribution in [3.05, 3.63) is 89.2 Å². The Labute approximate surface area is 135 Å². The second kappa shape index (κ2) is 6.44. The van der Waals surface area contributed by atoms with E-state index >= 15 is 0 Å². The van der Waals surface area contributed by atoms with Crippen molar-refractivity contribution >= 4 is 5.97 Å². The maximum atomic E-state index is 11.3. The van der Waals surface area contributed by atoms with E-state index in [4.69, 9.17) is 0 Å². The number of hydrogen-bond donors (Lipinski definition) is 1. The van der Waals surface area contributed by atoms with Crippen LogP contribution in [0.25, 0.3) is 11.1 Å². The topological polar surface area (TPSA) is 50.2 Å². The first kappa shape index (κ1) is 15.0. The molecular weight excluding hydrogens is 286 g/mol. The Kier molecular flexibility index (Phi) is 4.20. The van der Waals surface area contributed by atoms with E-state index in [1.165, 1.54) is 11.1 Å². The molecule has 0 atom stereocenters. The van der Waals surface area contributed by atoms with Crippen LogP contribution in [0.2, 0.25) is 0 Å². The summed E-state index contributed by atoms with van der Waals surface area (Å²) >= 11 is 0. The molecular formula is C20H17NO2. The van der Waals surface area contributed by atoms with Crippen molar-refractivity contribution in [1.29, 1.82) is 0 Å². The van der Waals surface area contributed by atoms with E-state index in [2.05, 4.69) is 11.1 Å². The van der Waals surface area contributed by atoms with Crippen molar-refractivity contribution in [2.24, 2.45) is 0 Å². The second-order valence-corrected chi connectivity index (χ2v) is 5.47. The highest BCUT2D eigenvalue weighted by Crippen LogP contribution is 2.24. The average molecular weight is 303 g/mol. The van der Waals surface area contributed by atoms with E-state index in [0.29, 0.717) is 5.56 Å². The van der Waals surface area contributed by atoms with Gasteiger partial charge in [0.05, 0.1) is 5.56 Å². The number of aryl methyl sites for hydroxylation is 1. The number of aromatic carboxylic acids is 1. The fourth-order valence-electron chi connectivity index (χ4n) is 2.65. The van der Waals surface area contributed by atoms with E-state index < -0.39 is 5.97 Å². The normalized spacial score (nSPS) is 10.5. The van der Waals surface area contributed by atoms with Crippen LogP contribution in [0.3, 0.4) is 0 Å². The molecule has 3 heteroatoms. The third kappa shape index (κ3) is 3.29. The molecule has 1 N–H and O–H groups in total. The molecule has 0 amide bonds. The van der Waals surface area contributed by atoms with Gasteiger partial charge in [-0.05, 0) is 47.7 Å². The number of hydrogen-bond acceptors (Lipinski definition) is 2. The molecule has 0 saturated carbocycles. The summed E-state index contributed by atoms with van der Waals surface area (Å²) in [6, 6.07) is 19.1. The molecule has 23 heavy (non-hydrogen) atoms. The molecule has 0 aliphatic heterocycles. The van der Waals surface area contributed by atoms with Gasteiger partial charge in [-0.3, -0.25) is 4.98 Å². The molecule has 0 spiro atoms. The molecule has 114 valence electrons. The van der Waals surface area contributed by atoms with Crippen LogP contribution in [-0.4, -0.2) is 16.1 Å². The van der Waals surface area contributed by atoms with E-state index in [0.717, 1.165) is 23.2 Å². The molecule has 3 aromatic rings. The van der Waals surface area contributed by atoms with Crippen molar-refractivity contribution in [3.63, 3.8) is 0 Å². The molecule has 3 nitrogen and oxygen atoms in total. The van der Waals surface area contributed by atoms with Crippen molar-refractivity contribution < 1.29 is 9.90 Å². The Morgan fingerprint density at radius 3 is 2.43 bits per heavy atom. The van der Waals surface area contributed by atoms with Gasteiger partial charge in [0, 0.05) is 11.9 Å². The summed E-state index contributed by atoms with van der Waals surface area (Å²) in [6.07, 6.45) is 2.62. The highest BCUT2D eigenvalue weighted by atomic mass is 16.4. The largest absolute Gasteiger partial charge is 0.478 e. The predicted octanol–water partition coefficient (Wildman–Crippen LogP) is 4.35. The first-order valence-electron chi connectivity index (χ1n) is 7.47. The third-order valence-electron chi connectivity index (χ3n) is 3.93. The Morgan fingerprint density at radius 2 is 1.74 bits per heavy atom. The summed E-state index contributed by atoms with van der Waals surface area (Å²) in [7, 11) is 0. The smallest absolute Gasteiger partial charge is 0.336 e. The number of pyridine rings is 1. The van der Waals surface area contributed by atoms with Gasteiger partial charge in [0.15, 0.2) is 0 Å². The lowest BCUT2D eigenvalue weighted by molar-refractivity contribution is 0.0697. The van der Waals surface area contributed by atoms with Gasteiger partial charge in [0.2, 0.25) is 0 Å². The van der Waals surface area contributed by atoms with Gasteiger partial charge >= 0.3 is 5.97 Å². The predicted molar refractivity (Wildman–Crippen MR) is 90.6 cm³/mol. The van der Waals surface area contributed by atoms with E-state index in [1.54, 1.807) is 18.3 Å². The second-order valence-electron chi connectivity index (χ2n) is 5.47. The van der Waals surface area contributed by atoms with Gasteiger partial charge in [0.25, 0.3) is 0 Å². The van der Waals surface area contributed by atoms with E-state index in [9.17, 15) is 9.90 Å². The number of nitrogens with zero attached hydrogens (tertiary/aromatic N) is 1. The number of carbonyl (C=O) groups is 1. The van der Waals surface area contributed by atoms with Gasteiger partial charge in [-0.1, -0.05) is 48.5 Å². The lowest BCUT2D eigenvalue weighted by Gasteiger charge is -2.08. The zero-order valence-corrected chi connectivity index (χ0v) is 12.9. The quantitative estimate of drug-likeness (QED) is 0.779. The van der Waals surface area contributed by atoms with Gasteiger partial charge in [-0.2, -0.15) is 0 Å². The van der Waals surface area contributed by atoms with Crippen molar-refractivity contribution in [2.75, 3.05) is 0 Å². The van der Waals surface area contributed by atoms with Crippen molar-refractivity contribution in [2.45, 2.75) is 13.3 Å². The maximum absolute atomic E-state index is 11.3. The molecule has 1 heterocycles. The number of benzene rings is 2. The van der Waals surface area contributed by atoms with Crippen LogP contribution in [0.5, 0.6) is 0 Å². The standard InChI is InChI=1S/C20H17NO2/c1-14-17(5-4-12-21-14)13-15-8-10-16(11-9-15)18-6-2-3-7-19(18)20(22)23/h2-12H,13H2,1H3,(H,22,23). The van der Waals surface area contributed by atoms with Crippen LogP contribution in [0.1, 0.15) is 27.2 Å². The minimum atomic E-state index is -0.907. The van der Waals surface area contributed by atoms with Crippen LogP contribution in [0, 0.1) is 6.92 Å². The zero-order chi connectivity index (χ0) is 16.2. The molecule has 1 aromatic heterocycles. The van der Waals surface area contributed by atoms with E-state index in [-0.39, 0.29) is 0 Å². The number of rotatable bonds is 4. The van der Waals surface area contributed by atoms with Crippen LogP contribution in [-0.2, 0) is 6.42 Å². The molecule has 2 aromatic carbocycles. The fraction of sp³-hybridized carbons (Fsp3) is 0.100. The summed E-state index contributed by atoms with van der Waals surface area (Å²) in [6.45, 7) is 2.01. The summed E-state index contributed by atoms with van der Waals surface area (Å²) in [5.74, 6) is -0.907. The Morgan fingerprint density at radius 1 is 1.00 bits per heavy atom. The number of aromatic nitrogens is 1. The minimum Gasteiger partial charge on any atom is -0.478 e. The zero-order valence-electron chi connectivity index (χ0n) is 12.9. The average Bonchev–Trinajstić information content (AvgIpc) is 2.58. The lowest BCUT2D eigenvalue weighted by atomic mass is 9.97. The maximum Gasteiger partial charge on any atom is 0.336 e. The summed E-state index contributed by atoms with van der Waals surface area (Å²) < 4.78 is 0. The molecule has 0 saturated heterocycles. The van der Waals surface area contributed by atoms with Gasteiger partial charge < -0.3 is 5.11 Å². The fourth-order valence-corrected chi connectivity index (χ4v) is 2.65. The van der Waals surface area contributed by atoms with Gasteiger partial charge in [-0.15, -0.1) is 0 Å². The molecule has 0 bridgehead atoms. The molecule has 0 aliphatic carbocycles. The van der Waals surface area contributed by atoms with Crippen molar-refractivity contribution in [1.82, 2.24) is 4.98 Å². The Hall–Kier alpha value is -2.94. The monoisotopic (exact) mass is 303 g/mol. The van der Waals surface area contributed by atoms with Gasteiger partial charge in [0.1, 0.15) is 0 Å². The lowest BCUT2D eigenvalue weighted by Crippen LogP contribution is -1.99. The van der Waals surface area contributed by atoms with E-state index in [1.807, 2.05) is 49.4 Å². The third-order valence-corrected chi connectivity index (χ3v) is 3.93. The molecule has 0 aliphatic rings. The van der Waals surface area contributed by atoms with Crippen LogP contribution in [0.15, 0.2) is 66.9 Å². The first-order valence-corrected chi connectivity index (χ1v) is 7.47. The first-order chi connectivity index (χ1) is 11.1. The highest BCUT2D eigenvalue weighted by Gasteiger charge is 2.10. The molecule has 0 radical (unpaired) electrons. The van der Waals surface area contributed by atoms with Crippen LogP contribution < -0.4 is 0 Å². The molecule has 0 unspecified atom stereocenters. The molecule has 3 rings (SSSR count). The van der Waals surface area contributed by atoms with Crippen molar-refractivity contribution in [3.8, 4) is 11.1 Å². The van der Waals surface area contributed by atoms with Crippen LogP contribution >= 0.6 is 0 Å². The Bertz CT molecular complexity index is 838. The SMILES string of the molecule is Cc1ncccc1Cc1ccc(-c2ccccc2C(=O)O)cc1. The summed E-state index contributed by atoms with van der Waals surface area (Å²) in [4.78, 5) is 15.6. The van der Waals surface area contributed by atoms with Gasteiger partial charge in [-0.25, -0.2) is 4.79 Å². The highest BCUT2D eigenvalue weighted by molar-refractivity contribution is 5.95. The van der Waals surface area contributed by atoms with Crippen LogP contribution in [0.4, 0.5) is 0 Å². The summed E-state index contributed by atoms with van der Waals surface area (Å²) in [5, 5.41) is 9.30. The summed E-state index contributed by atoms with van der Waals surface area (Å²) in [5.41, 5.74) is 5.39. The Balaban J connectivity index is 1.89. The number of carboxylic acid groups (broad SMARTS) is 1. The number of carboxylic acids is 1. The minimum absolute atomic E-state index is 0.323.